The molecule has 0 spiro atoms. The van der Waals surface area contributed by atoms with Crippen molar-refractivity contribution in [3.05, 3.63) is 55.9 Å². The summed E-state index contributed by atoms with van der Waals surface area (Å²) in [7, 11) is 3.75. The number of pyridine rings is 1. The van der Waals surface area contributed by atoms with E-state index in [1.54, 1.807) is 25.1 Å². The molecule has 0 amide bonds. The lowest BCUT2D eigenvalue weighted by atomic mass is 10.1. The van der Waals surface area contributed by atoms with Gasteiger partial charge in [-0.05, 0) is 55.5 Å². The van der Waals surface area contributed by atoms with Crippen LogP contribution in [0.15, 0.2) is 33.5 Å². The Morgan fingerprint density at radius 3 is 2.36 bits per heavy atom. The van der Waals surface area contributed by atoms with E-state index in [1.165, 1.54) is 10.6 Å². The van der Waals surface area contributed by atoms with Crippen LogP contribution in [0, 0.1) is 13.8 Å². The average molecular weight is 367 g/mol. The van der Waals surface area contributed by atoms with Crippen molar-refractivity contribution in [2.75, 3.05) is 14.1 Å². The number of hydrogen-bond donors (Lipinski definition) is 2. The first kappa shape index (κ1) is 18.1. The zero-order valence-corrected chi connectivity index (χ0v) is 14.6. The van der Waals surface area contributed by atoms with Crippen LogP contribution >= 0.6 is 15.9 Å². The van der Waals surface area contributed by atoms with Gasteiger partial charge in [0.05, 0.1) is 5.69 Å². The molecule has 0 unspecified atom stereocenters. The molecule has 0 saturated carbocycles. The summed E-state index contributed by atoms with van der Waals surface area (Å²) in [5.74, 6) is -0.0945. The quantitative estimate of drug-likeness (QED) is 0.801. The summed E-state index contributed by atoms with van der Waals surface area (Å²) in [6.07, 6.45) is 0.735. The van der Waals surface area contributed by atoms with Crippen molar-refractivity contribution in [1.82, 2.24) is 9.88 Å². The lowest BCUT2D eigenvalue weighted by Gasteiger charge is -2.14. The average Bonchev–Trinajstić information content (AvgIpc) is 2.47. The summed E-state index contributed by atoms with van der Waals surface area (Å²) in [5.41, 5.74) is 2.23. The second-order valence-electron chi connectivity index (χ2n) is 4.79. The molecule has 0 bridgehead atoms. The van der Waals surface area contributed by atoms with Gasteiger partial charge in [0, 0.05) is 17.3 Å². The first-order chi connectivity index (χ1) is 10.4. The summed E-state index contributed by atoms with van der Waals surface area (Å²) in [6, 6.07) is 6.63. The summed E-state index contributed by atoms with van der Waals surface area (Å²) in [4.78, 5) is 23.1. The van der Waals surface area contributed by atoms with Crippen molar-refractivity contribution in [3.63, 3.8) is 0 Å². The van der Waals surface area contributed by atoms with Crippen LogP contribution in [0.5, 0.6) is 5.75 Å². The normalized spacial score (nSPS) is 9.86. The number of aldehydes is 1. The standard InChI is InChI=1S/C14H12BrNO3.C2H7N/c1-8-3-4-10(7-17)6-11(8)16-9(2)5-12(18)13(15)14(16)19;1-3-2/h3-7,18H,1-2H3;3H,1-2H3. The fourth-order valence-corrected chi connectivity index (χ4v) is 2.23. The number of aromatic hydroxyl groups is 1. The van der Waals surface area contributed by atoms with E-state index in [2.05, 4.69) is 21.2 Å². The Morgan fingerprint density at radius 2 is 1.82 bits per heavy atom. The molecule has 5 nitrogen and oxygen atoms in total. The molecule has 2 aromatic rings. The number of rotatable bonds is 2. The third-order valence-electron chi connectivity index (χ3n) is 2.92. The molecule has 0 saturated heterocycles. The molecule has 1 heterocycles. The second-order valence-corrected chi connectivity index (χ2v) is 5.58. The maximum Gasteiger partial charge on any atom is 0.273 e. The first-order valence-corrected chi connectivity index (χ1v) is 7.42. The smallest absolute Gasteiger partial charge is 0.273 e. The highest BCUT2D eigenvalue weighted by Crippen LogP contribution is 2.23. The van der Waals surface area contributed by atoms with E-state index < -0.39 is 0 Å². The largest absolute Gasteiger partial charge is 0.506 e. The SMILES string of the molecule is CNC.Cc1ccc(C=O)cc1-n1c(C)cc(O)c(Br)c1=O. The van der Waals surface area contributed by atoms with Crippen LogP contribution in [0.2, 0.25) is 0 Å². The van der Waals surface area contributed by atoms with Crippen LogP contribution in [0.3, 0.4) is 0 Å². The molecule has 0 aliphatic heterocycles. The second kappa shape index (κ2) is 7.91. The van der Waals surface area contributed by atoms with Gasteiger partial charge in [0.25, 0.3) is 5.56 Å². The Balaban J connectivity index is 0.000000745. The predicted octanol–water partition coefficient (Wildman–Crippen LogP) is 2.57. The summed E-state index contributed by atoms with van der Waals surface area (Å²) < 4.78 is 1.57. The van der Waals surface area contributed by atoms with Crippen molar-refractivity contribution in [3.8, 4) is 11.4 Å². The van der Waals surface area contributed by atoms with Crippen molar-refractivity contribution >= 4 is 22.2 Å². The number of nitrogens with one attached hydrogen (secondary N) is 1. The molecule has 22 heavy (non-hydrogen) atoms. The van der Waals surface area contributed by atoms with E-state index >= 15 is 0 Å². The number of nitrogens with zero attached hydrogens (tertiary/aromatic N) is 1. The molecule has 6 heteroatoms. The number of halogens is 1. The van der Waals surface area contributed by atoms with E-state index in [0.717, 1.165) is 11.8 Å². The number of carbonyl (C=O) groups excluding carboxylic acids is 1. The molecule has 0 aliphatic rings. The molecule has 118 valence electrons. The third-order valence-corrected chi connectivity index (χ3v) is 3.67. The van der Waals surface area contributed by atoms with Crippen molar-refractivity contribution < 1.29 is 9.90 Å². The van der Waals surface area contributed by atoms with Gasteiger partial charge in [-0.1, -0.05) is 12.1 Å². The molecule has 1 aromatic carbocycles. The Morgan fingerprint density at radius 1 is 1.23 bits per heavy atom. The third kappa shape index (κ3) is 3.84. The van der Waals surface area contributed by atoms with Crippen molar-refractivity contribution in [1.29, 1.82) is 0 Å². The van der Waals surface area contributed by atoms with Gasteiger partial charge in [0.1, 0.15) is 16.5 Å². The Kier molecular flexibility index (Phi) is 6.52. The fourth-order valence-electron chi connectivity index (χ4n) is 1.93. The van der Waals surface area contributed by atoms with Crippen LogP contribution in [0.25, 0.3) is 5.69 Å². The number of carbonyl (C=O) groups is 1. The lowest BCUT2D eigenvalue weighted by molar-refractivity contribution is 0.112. The molecule has 2 N–H and O–H groups in total. The highest BCUT2D eigenvalue weighted by molar-refractivity contribution is 9.10. The maximum absolute atomic E-state index is 12.2. The van der Waals surface area contributed by atoms with Crippen LogP contribution in [-0.2, 0) is 0 Å². The van der Waals surface area contributed by atoms with Crippen LogP contribution in [0.1, 0.15) is 21.6 Å². The van der Waals surface area contributed by atoms with Crippen molar-refractivity contribution in [2.24, 2.45) is 0 Å². The molecule has 1 aromatic heterocycles. The minimum atomic E-state index is -0.358. The lowest BCUT2D eigenvalue weighted by Crippen LogP contribution is -2.22. The molecule has 2 rings (SSSR count). The van der Waals surface area contributed by atoms with Crippen LogP contribution in [0.4, 0.5) is 0 Å². The minimum Gasteiger partial charge on any atom is -0.506 e. The van der Waals surface area contributed by atoms with Gasteiger partial charge in [-0.25, -0.2) is 0 Å². The predicted molar refractivity (Wildman–Crippen MR) is 91.2 cm³/mol. The Hall–Kier alpha value is -1.92. The van der Waals surface area contributed by atoms with Gasteiger partial charge < -0.3 is 10.4 Å². The maximum atomic E-state index is 12.2. The number of aromatic nitrogens is 1. The topological polar surface area (TPSA) is 71.3 Å². The molecule has 0 radical (unpaired) electrons. The van der Waals surface area contributed by atoms with Crippen molar-refractivity contribution in [2.45, 2.75) is 13.8 Å². The molecule has 0 aliphatic carbocycles. The summed E-state index contributed by atoms with van der Waals surface area (Å²) >= 11 is 3.07. The highest BCUT2D eigenvalue weighted by atomic mass is 79.9. The monoisotopic (exact) mass is 366 g/mol. The summed E-state index contributed by atoms with van der Waals surface area (Å²) in [6.45, 7) is 3.58. The summed E-state index contributed by atoms with van der Waals surface area (Å²) in [5, 5.41) is 12.4. The van der Waals surface area contributed by atoms with Gasteiger partial charge in [-0.3, -0.25) is 14.2 Å². The van der Waals surface area contributed by atoms with Gasteiger partial charge in [0.2, 0.25) is 0 Å². The van der Waals surface area contributed by atoms with E-state index in [1.807, 2.05) is 21.0 Å². The Labute approximate surface area is 137 Å². The van der Waals surface area contributed by atoms with E-state index in [0.29, 0.717) is 16.9 Å². The molecule has 0 atom stereocenters. The van der Waals surface area contributed by atoms with E-state index in [4.69, 9.17) is 0 Å². The van der Waals surface area contributed by atoms with E-state index in [-0.39, 0.29) is 15.8 Å². The van der Waals surface area contributed by atoms with Gasteiger partial charge in [-0.15, -0.1) is 0 Å². The van der Waals surface area contributed by atoms with Gasteiger partial charge in [-0.2, -0.15) is 0 Å². The van der Waals surface area contributed by atoms with Gasteiger partial charge in [0.15, 0.2) is 0 Å². The van der Waals surface area contributed by atoms with Crippen LogP contribution < -0.4 is 10.9 Å². The minimum absolute atomic E-state index is 0.0945. The number of aryl methyl sites for hydroxylation is 2. The first-order valence-electron chi connectivity index (χ1n) is 6.63. The molecular weight excluding hydrogens is 348 g/mol. The fraction of sp³-hybridized carbons (Fsp3) is 0.250. The highest BCUT2D eigenvalue weighted by Gasteiger charge is 2.13. The van der Waals surface area contributed by atoms with E-state index in [9.17, 15) is 14.7 Å². The zero-order chi connectivity index (χ0) is 16.9. The number of benzene rings is 1. The number of hydrogen-bond acceptors (Lipinski definition) is 4. The Bertz CT molecular complexity index is 739. The zero-order valence-electron chi connectivity index (χ0n) is 13.0. The van der Waals surface area contributed by atoms with Crippen LogP contribution in [-0.4, -0.2) is 30.1 Å². The molecular formula is C16H19BrN2O3. The van der Waals surface area contributed by atoms with Gasteiger partial charge >= 0.3 is 0 Å². The molecule has 0 fully saturated rings.